The molecule has 0 fully saturated rings. The van der Waals surface area contributed by atoms with Gasteiger partial charge in [-0.2, -0.15) is 5.26 Å². The molecule has 0 saturated carbocycles. The molecule has 0 aliphatic carbocycles. The average molecular weight is 195 g/mol. The molecule has 3 heteroatoms. The molecule has 0 spiro atoms. The summed E-state index contributed by atoms with van der Waals surface area (Å²) in [7, 11) is 2.02. The maximum atomic E-state index is 8.65. The molecule has 80 valence electrons. The van der Waals surface area contributed by atoms with E-state index in [4.69, 9.17) is 5.26 Å². The first-order chi connectivity index (χ1) is 6.60. The van der Waals surface area contributed by atoms with Gasteiger partial charge in [0.15, 0.2) is 0 Å². The Kier molecular flexibility index (Phi) is 7.09. The molecule has 0 amide bonds. The van der Waals surface area contributed by atoms with Crippen molar-refractivity contribution >= 4 is 0 Å². The summed E-state index contributed by atoms with van der Waals surface area (Å²) in [4.78, 5) is 2.13. The summed E-state index contributed by atoms with van der Waals surface area (Å²) in [5, 5.41) is 11.9. The van der Waals surface area contributed by atoms with Crippen molar-refractivity contribution in [1.29, 1.82) is 5.26 Å². The van der Waals surface area contributed by atoms with E-state index >= 15 is 0 Å². The quantitative estimate of drug-likeness (QED) is 0.621. The standard InChI is InChI=1S/C11H21N3/c1-5-13-7-11(3)9-14(4)8-10(2)6-12/h10,13H,3,5,7-9H2,1-2,4H3. The van der Waals surface area contributed by atoms with Crippen LogP contribution in [0.4, 0.5) is 0 Å². The van der Waals surface area contributed by atoms with Crippen molar-refractivity contribution in [3.8, 4) is 6.07 Å². The van der Waals surface area contributed by atoms with Gasteiger partial charge in [0, 0.05) is 19.6 Å². The zero-order valence-corrected chi connectivity index (χ0v) is 9.51. The van der Waals surface area contributed by atoms with Crippen molar-refractivity contribution < 1.29 is 0 Å². The molecule has 1 unspecified atom stereocenters. The molecule has 14 heavy (non-hydrogen) atoms. The summed E-state index contributed by atoms with van der Waals surface area (Å²) in [6, 6.07) is 2.23. The van der Waals surface area contributed by atoms with Gasteiger partial charge in [0.25, 0.3) is 0 Å². The first-order valence-corrected chi connectivity index (χ1v) is 5.05. The second kappa shape index (κ2) is 7.54. The molecular weight excluding hydrogens is 174 g/mol. The molecule has 0 aromatic heterocycles. The number of hydrogen-bond acceptors (Lipinski definition) is 3. The Bertz CT molecular complexity index is 205. The molecule has 1 atom stereocenters. The third-order valence-corrected chi connectivity index (χ3v) is 1.92. The molecule has 0 aromatic carbocycles. The number of rotatable bonds is 7. The lowest BCUT2D eigenvalue weighted by Crippen LogP contribution is -2.29. The SMILES string of the molecule is C=C(CNCC)CN(C)CC(C)C#N. The van der Waals surface area contributed by atoms with Crippen molar-refractivity contribution in [3.05, 3.63) is 12.2 Å². The van der Waals surface area contributed by atoms with Crippen molar-refractivity contribution in [2.24, 2.45) is 5.92 Å². The summed E-state index contributed by atoms with van der Waals surface area (Å²) in [6.45, 7) is 11.5. The van der Waals surface area contributed by atoms with E-state index in [0.717, 1.165) is 26.2 Å². The minimum Gasteiger partial charge on any atom is -0.313 e. The van der Waals surface area contributed by atoms with Gasteiger partial charge in [0.05, 0.1) is 12.0 Å². The number of nitrogens with zero attached hydrogens (tertiary/aromatic N) is 2. The van der Waals surface area contributed by atoms with Crippen LogP contribution < -0.4 is 5.32 Å². The van der Waals surface area contributed by atoms with Crippen LogP contribution in [0.15, 0.2) is 12.2 Å². The second-order valence-electron chi connectivity index (χ2n) is 3.76. The predicted molar refractivity (Wildman–Crippen MR) is 60.0 cm³/mol. The fourth-order valence-corrected chi connectivity index (χ4v) is 1.31. The van der Waals surface area contributed by atoms with Crippen molar-refractivity contribution in [2.75, 3.05) is 33.2 Å². The lowest BCUT2D eigenvalue weighted by atomic mass is 10.2. The molecule has 0 aliphatic heterocycles. The van der Waals surface area contributed by atoms with Gasteiger partial charge in [-0.25, -0.2) is 0 Å². The van der Waals surface area contributed by atoms with Crippen LogP contribution in [0.2, 0.25) is 0 Å². The van der Waals surface area contributed by atoms with E-state index in [1.165, 1.54) is 5.57 Å². The molecule has 0 aliphatic rings. The van der Waals surface area contributed by atoms with E-state index < -0.39 is 0 Å². The summed E-state index contributed by atoms with van der Waals surface area (Å²) >= 11 is 0. The minimum absolute atomic E-state index is 0.0898. The zero-order valence-electron chi connectivity index (χ0n) is 9.51. The van der Waals surface area contributed by atoms with Gasteiger partial charge in [0.1, 0.15) is 0 Å². The Morgan fingerprint density at radius 1 is 1.64 bits per heavy atom. The largest absolute Gasteiger partial charge is 0.313 e. The third kappa shape index (κ3) is 6.64. The van der Waals surface area contributed by atoms with Gasteiger partial charge in [-0.15, -0.1) is 0 Å². The predicted octanol–water partition coefficient (Wildman–Crippen LogP) is 1.24. The Morgan fingerprint density at radius 3 is 2.79 bits per heavy atom. The third-order valence-electron chi connectivity index (χ3n) is 1.92. The molecule has 0 saturated heterocycles. The van der Waals surface area contributed by atoms with Gasteiger partial charge in [-0.05, 0) is 26.1 Å². The highest BCUT2D eigenvalue weighted by atomic mass is 15.1. The molecular formula is C11H21N3. The molecule has 3 nitrogen and oxygen atoms in total. The van der Waals surface area contributed by atoms with Gasteiger partial charge in [-0.3, -0.25) is 0 Å². The fourth-order valence-electron chi connectivity index (χ4n) is 1.31. The van der Waals surface area contributed by atoms with Crippen LogP contribution in [-0.2, 0) is 0 Å². The van der Waals surface area contributed by atoms with E-state index in [1.54, 1.807) is 0 Å². The number of hydrogen-bond donors (Lipinski definition) is 1. The zero-order chi connectivity index (χ0) is 11.0. The first-order valence-electron chi connectivity index (χ1n) is 5.05. The molecule has 0 radical (unpaired) electrons. The Morgan fingerprint density at radius 2 is 2.29 bits per heavy atom. The van der Waals surface area contributed by atoms with E-state index in [9.17, 15) is 0 Å². The van der Waals surface area contributed by atoms with Crippen LogP contribution in [0.3, 0.4) is 0 Å². The van der Waals surface area contributed by atoms with Crippen molar-refractivity contribution in [2.45, 2.75) is 13.8 Å². The van der Waals surface area contributed by atoms with Gasteiger partial charge >= 0.3 is 0 Å². The minimum atomic E-state index is 0.0898. The second-order valence-corrected chi connectivity index (χ2v) is 3.76. The van der Waals surface area contributed by atoms with Crippen LogP contribution in [0, 0.1) is 17.2 Å². The van der Waals surface area contributed by atoms with E-state index in [1.807, 2.05) is 14.0 Å². The molecule has 0 rings (SSSR count). The Hall–Kier alpha value is -0.850. The lowest BCUT2D eigenvalue weighted by Gasteiger charge is -2.19. The molecule has 1 N–H and O–H groups in total. The topological polar surface area (TPSA) is 39.1 Å². The normalized spacial score (nSPS) is 12.5. The van der Waals surface area contributed by atoms with Crippen molar-refractivity contribution in [3.63, 3.8) is 0 Å². The van der Waals surface area contributed by atoms with Crippen LogP contribution in [0.5, 0.6) is 0 Å². The maximum absolute atomic E-state index is 8.65. The molecule has 0 bridgehead atoms. The van der Waals surface area contributed by atoms with E-state index in [2.05, 4.69) is 29.8 Å². The average Bonchev–Trinajstić information content (AvgIpc) is 2.14. The maximum Gasteiger partial charge on any atom is 0.0666 e. The van der Waals surface area contributed by atoms with E-state index in [0.29, 0.717) is 0 Å². The fraction of sp³-hybridized carbons (Fsp3) is 0.727. The summed E-state index contributed by atoms with van der Waals surface area (Å²) in [5.74, 6) is 0.0898. The van der Waals surface area contributed by atoms with Crippen LogP contribution >= 0.6 is 0 Å². The smallest absolute Gasteiger partial charge is 0.0666 e. The highest BCUT2D eigenvalue weighted by Gasteiger charge is 2.05. The monoisotopic (exact) mass is 195 g/mol. The highest BCUT2D eigenvalue weighted by Crippen LogP contribution is 1.98. The van der Waals surface area contributed by atoms with Crippen LogP contribution in [-0.4, -0.2) is 38.1 Å². The Labute approximate surface area is 87.4 Å². The summed E-state index contributed by atoms with van der Waals surface area (Å²) < 4.78 is 0. The van der Waals surface area contributed by atoms with E-state index in [-0.39, 0.29) is 5.92 Å². The van der Waals surface area contributed by atoms with Crippen molar-refractivity contribution in [1.82, 2.24) is 10.2 Å². The van der Waals surface area contributed by atoms with Gasteiger partial charge in [0.2, 0.25) is 0 Å². The van der Waals surface area contributed by atoms with Crippen LogP contribution in [0.25, 0.3) is 0 Å². The first kappa shape index (κ1) is 13.2. The lowest BCUT2D eigenvalue weighted by molar-refractivity contribution is 0.332. The summed E-state index contributed by atoms with van der Waals surface area (Å²) in [5.41, 5.74) is 1.17. The number of nitriles is 1. The highest BCUT2D eigenvalue weighted by molar-refractivity contribution is 4.99. The Balaban J connectivity index is 3.66. The van der Waals surface area contributed by atoms with Crippen LogP contribution in [0.1, 0.15) is 13.8 Å². The number of nitrogens with one attached hydrogen (secondary N) is 1. The molecule has 0 aromatic rings. The molecule has 0 heterocycles. The summed E-state index contributed by atoms with van der Waals surface area (Å²) in [6.07, 6.45) is 0. The van der Waals surface area contributed by atoms with Gasteiger partial charge in [-0.1, -0.05) is 13.5 Å². The van der Waals surface area contributed by atoms with Gasteiger partial charge < -0.3 is 10.2 Å². The number of likely N-dealkylation sites (N-methyl/N-ethyl adjacent to an activating group) is 2.